The summed E-state index contributed by atoms with van der Waals surface area (Å²) in [5, 5.41) is 12.8. The van der Waals surface area contributed by atoms with Crippen LogP contribution in [0.25, 0.3) is 0 Å². The number of rotatable bonds is 2. The van der Waals surface area contributed by atoms with Crippen molar-refractivity contribution < 1.29 is 9.84 Å². The molecule has 1 heterocycles. The highest BCUT2D eigenvalue weighted by Crippen LogP contribution is 2.18. The first-order valence-corrected chi connectivity index (χ1v) is 4.98. The second kappa shape index (κ2) is 4.44. The average Bonchev–Trinajstić information content (AvgIpc) is 2.23. The number of hydrogen-bond acceptors (Lipinski definition) is 3. The summed E-state index contributed by atoms with van der Waals surface area (Å²) in [7, 11) is 0. The van der Waals surface area contributed by atoms with Crippen LogP contribution in [0.3, 0.4) is 0 Å². The largest absolute Gasteiger partial charge is 0.508 e. The smallest absolute Gasteiger partial charge is 0.118 e. The van der Waals surface area contributed by atoms with Gasteiger partial charge in [0.05, 0.1) is 0 Å². The van der Waals surface area contributed by atoms with Crippen LogP contribution in [0.2, 0.25) is 0 Å². The molecule has 1 aromatic carbocycles. The van der Waals surface area contributed by atoms with E-state index in [4.69, 9.17) is 4.74 Å². The fraction of sp³-hybridized carbons (Fsp3) is 0.455. The SMILES string of the molecule is Oc1ccccc1CC1NCCCO1. The lowest BCUT2D eigenvalue weighted by Gasteiger charge is -2.24. The first kappa shape index (κ1) is 9.49. The van der Waals surface area contributed by atoms with Crippen molar-refractivity contribution in [3.8, 4) is 5.75 Å². The van der Waals surface area contributed by atoms with E-state index in [1.807, 2.05) is 18.2 Å². The molecule has 1 saturated heterocycles. The summed E-state index contributed by atoms with van der Waals surface area (Å²) >= 11 is 0. The molecule has 3 heteroatoms. The second-order valence-electron chi connectivity index (χ2n) is 3.50. The van der Waals surface area contributed by atoms with E-state index in [9.17, 15) is 5.11 Å². The Balaban J connectivity index is 1.99. The van der Waals surface area contributed by atoms with Crippen LogP contribution in [0.15, 0.2) is 24.3 Å². The number of hydrogen-bond donors (Lipinski definition) is 2. The summed E-state index contributed by atoms with van der Waals surface area (Å²) in [5.41, 5.74) is 0.937. The molecule has 14 heavy (non-hydrogen) atoms. The van der Waals surface area contributed by atoms with Gasteiger partial charge in [-0.15, -0.1) is 0 Å². The summed E-state index contributed by atoms with van der Waals surface area (Å²) < 4.78 is 5.51. The third-order valence-electron chi connectivity index (χ3n) is 2.41. The van der Waals surface area contributed by atoms with Crippen LogP contribution in [0.1, 0.15) is 12.0 Å². The van der Waals surface area contributed by atoms with Gasteiger partial charge >= 0.3 is 0 Å². The van der Waals surface area contributed by atoms with Crippen molar-refractivity contribution in [1.29, 1.82) is 0 Å². The van der Waals surface area contributed by atoms with E-state index < -0.39 is 0 Å². The van der Waals surface area contributed by atoms with Crippen LogP contribution in [0, 0.1) is 0 Å². The maximum Gasteiger partial charge on any atom is 0.118 e. The Morgan fingerprint density at radius 2 is 2.29 bits per heavy atom. The molecule has 0 radical (unpaired) electrons. The molecule has 1 atom stereocenters. The fourth-order valence-corrected chi connectivity index (χ4v) is 1.63. The van der Waals surface area contributed by atoms with E-state index in [-0.39, 0.29) is 6.23 Å². The number of aromatic hydroxyl groups is 1. The van der Waals surface area contributed by atoms with E-state index in [2.05, 4.69) is 5.32 Å². The number of phenols is 1. The monoisotopic (exact) mass is 193 g/mol. The first-order valence-electron chi connectivity index (χ1n) is 4.98. The zero-order valence-electron chi connectivity index (χ0n) is 8.07. The van der Waals surface area contributed by atoms with E-state index in [1.165, 1.54) is 0 Å². The molecular weight excluding hydrogens is 178 g/mol. The van der Waals surface area contributed by atoms with Gasteiger partial charge in [0.1, 0.15) is 12.0 Å². The molecule has 1 aliphatic rings. The Morgan fingerprint density at radius 1 is 1.43 bits per heavy atom. The molecule has 1 fully saturated rings. The molecule has 2 rings (SSSR count). The maximum absolute atomic E-state index is 9.56. The number of ether oxygens (including phenoxy) is 1. The van der Waals surface area contributed by atoms with Gasteiger partial charge in [0.15, 0.2) is 0 Å². The predicted octanol–water partition coefficient (Wildman–Crippen LogP) is 1.27. The molecule has 76 valence electrons. The molecule has 1 aromatic rings. The highest BCUT2D eigenvalue weighted by molar-refractivity contribution is 5.32. The van der Waals surface area contributed by atoms with Crippen LogP contribution >= 0.6 is 0 Å². The normalized spacial score (nSPS) is 22.1. The van der Waals surface area contributed by atoms with Crippen molar-refractivity contribution in [3.63, 3.8) is 0 Å². The number of benzene rings is 1. The van der Waals surface area contributed by atoms with Gasteiger partial charge in [-0.3, -0.25) is 5.32 Å². The molecule has 0 spiro atoms. The molecule has 2 N–H and O–H groups in total. The van der Waals surface area contributed by atoms with Crippen LogP contribution in [-0.4, -0.2) is 24.5 Å². The van der Waals surface area contributed by atoms with Crippen LogP contribution in [-0.2, 0) is 11.2 Å². The highest BCUT2D eigenvalue weighted by Gasteiger charge is 2.14. The molecular formula is C11H15NO2. The first-order chi connectivity index (χ1) is 6.86. The topological polar surface area (TPSA) is 41.5 Å². The van der Waals surface area contributed by atoms with E-state index in [1.54, 1.807) is 6.07 Å². The van der Waals surface area contributed by atoms with Gasteiger partial charge in [-0.25, -0.2) is 0 Å². The van der Waals surface area contributed by atoms with Crippen molar-refractivity contribution in [3.05, 3.63) is 29.8 Å². The zero-order chi connectivity index (χ0) is 9.80. The Kier molecular flexibility index (Phi) is 3.01. The van der Waals surface area contributed by atoms with E-state index >= 15 is 0 Å². The molecule has 0 aromatic heterocycles. The third-order valence-corrected chi connectivity index (χ3v) is 2.41. The minimum atomic E-state index is 0.0528. The van der Waals surface area contributed by atoms with Crippen LogP contribution in [0.4, 0.5) is 0 Å². The standard InChI is InChI=1S/C11H15NO2/c13-10-5-2-1-4-9(10)8-11-12-6-3-7-14-11/h1-2,4-5,11-13H,3,6-8H2. The molecule has 0 aliphatic carbocycles. The van der Waals surface area contributed by atoms with Gasteiger partial charge in [-0.2, -0.15) is 0 Å². The molecule has 1 unspecified atom stereocenters. The summed E-state index contributed by atoms with van der Waals surface area (Å²) in [4.78, 5) is 0. The third kappa shape index (κ3) is 2.25. The quantitative estimate of drug-likeness (QED) is 0.743. The summed E-state index contributed by atoms with van der Waals surface area (Å²) in [5.74, 6) is 0.350. The van der Waals surface area contributed by atoms with Crippen molar-refractivity contribution in [2.45, 2.75) is 19.1 Å². The summed E-state index contributed by atoms with van der Waals surface area (Å²) in [6, 6.07) is 7.39. The van der Waals surface area contributed by atoms with Gasteiger partial charge in [-0.1, -0.05) is 18.2 Å². The Bertz CT molecular complexity index is 295. The lowest BCUT2D eigenvalue weighted by molar-refractivity contribution is 0.00165. The van der Waals surface area contributed by atoms with Crippen LogP contribution < -0.4 is 5.32 Å². The minimum absolute atomic E-state index is 0.0528. The Labute approximate surface area is 83.7 Å². The van der Waals surface area contributed by atoms with Crippen molar-refractivity contribution in [2.24, 2.45) is 0 Å². The lowest BCUT2D eigenvalue weighted by Crippen LogP contribution is -2.39. The van der Waals surface area contributed by atoms with Crippen molar-refractivity contribution in [1.82, 2.24) is 5.32 Å². The molecule has 0 amide bonds. The zero-order valence-corrected chi connectivity index (χ0v) is 8.07. The highest BCUT2D eigenvalue weighted by atomic mass is 16.5. The van der Waals surface area contributed by atoms with Gasteiger partial charge in [0, 0.05) is 13.0 Å². The van der Waals surface area contributed by atoms with E-state index in [0.717, 1.165) is 31.6 Å². The average molecular weight is 193 g/mol. The second-order valence-corrected chi connectivity index (χ2v) is 3.50. The van der Waals surface area contributed by atoms with Crippen molar-refractivity contribution in [2.75, 3.05) is 13.2 Å². The number of phenolic OH excluding ortho intramolecular Hbond substituents is 1. The van der Waals surface area contributed by atoms with Crippen molar-refractivity contribution >= 4 is 0 Å². The van der Waals surface area contributed by atoms with Gasteiger partial charge < -0.3 is 9.84 Å². The Morgan fingerprint density at radius 3 is 3.00 bits per heavy atom. The van der Waals surface area contributed by atoms with Gasteiger partial charge in [0.25, 0.3) is 0 Å². The maximum atomic E-state index is 9.56. The predicted molar refractivity (Wildman–Crippen MR) is 54.2 cm³/mol. The summed E-state index contributed by atoms with van der Waals surface area (Å²) in [6.07, 6.45) is 1.85. The fourth-order valence-electron chi connectivity index (χ4n) is 1.63. The van der Waals surface area contributed by atoms with Gasteiger partial charge in [0.2, 0.25) is 0 Å². The molecule has 0 bridgehead atoms. The van der Waals surface area contributed by atoms with E-state index in [0.29, 0.717) is 5.75 Å². The van der Waals surface area contributed by atoms with Crippen LogP contribution in [0.5, 0.6) is 5.75 Å². The number of nitrogens with one attached hydrogen (secondary N) is 1. The Hall–Kier alpha value is -1.06. The minimum Gasteiger partial charge on any atom is -0.508 e. The number of para-hydroxylation sites is 1. The lowest BCUT2D eigenvalue weighted by atomic mass is 10.1. The molecule has 3 nitrogen and oxygen atoms in total. The van der Waals surface area contributed by atoms with Gasteiger partial charge in [-0.05, 0) is 24.6 Å². The summed E-state index contributed by atoms with van der Waals surface area (Å²) in [6.45, 7) is 1.81. The molecule has 0 saturated carbocycles. The molecule has 1 aliphatic heterocycles.